The highest BCUT2D eigenvalue weighted by Gasteiger charge is 2.15. The maximum Gasteiger partial charge on any atom is 0.119 e. The number of ether oxygens (including phenoxy) is 1. The van der Waals surface area contributed by atoms with Gasteiger partial charge in [0.2, 0.25) is 0 Å². The third-order valence-corrected chi connectivity index (χ3v) is 3.16. The zero-order valence-corrected chi connectivity index (χ0v) is 11.4. The van der Waals surface area contributed by atoms with E-state index >= 15 is 0 Å². The Bertz CT molecular complexity index is 429. The van der Waals surface area contributed by atoms with Gasteiger partial charge in [0, 0.05) is 0 Å². The Labute approximate surface area is 109 Å². The summed E-state index contributed by atoms with van der Waals surface area (Å²) in [6, 6.07) is 8.62. The average Bonchev–Trinajstić information content (AvgIpc) is 2.72. The molecule has 3 nitrogen and oxygen atoms in total. The van der Waals surface area contributed by atoms with Crippen LogP contribution >= 0.6 is 0 Å². The van der Waals surface area contributed by atoms with Crippen LogP contribution in [0.15, 0.2) is 36.2 Å². The van der Waals surface area contributed by atoms with Gasteiger partial charge in [-0.2, -0.15) is 0 Å². The maximum absolute atomic E-state index is 5.75. The van der Waals surface area contributed by atoms with E-state index in [2.05, 4.69) is 38.2 Å². The second-order valence-corrected chi connectivity index (χ2v) is 5.82. The molecular formula is C15H22N2O. The summed E-state index contributed by atoms with van der Waals surface area (Å²) >= 11 is 0. The number of rotatable bonds is 3. The summed E-state index contributed by atoms with van der Waals surface area (Å²) in [6.45, 7) is 7.27. The van der Waals surface area contributed by atoms with Gasteiger partial charge in [0.1, 0.15) is 12.4 Å². The number of benzene rings is 1. The van der Waals surface area contributed by atoms with Crippen LogP contribution < -0.4 is 15.8 Å². The lowest BCUT2D eigenvalue weighted by molar-refractivity contribution is 0.278. The van der Waals surface area contributed by atoms with Gasteiger partial charge in [0.15, 0.2) is 0 Å². The Balaban J connectivity index is 1.87. The van der Waals surface area contributed by atoms with Gasteiger partial charge >= 0.3 is 0 Å². The molecule has 1 atom stereocenters. The van der Waals surface area contributed by atoms with Crippen molar-refractivity contribution in [3.05, 3.63) is 41.7 Å². The molecule has 1 heterocycles. The van der Waals surface area contributed by atoms with Gasteiger partial charge in [-0.15, -0.1) is 0 Å². The third-order valence-electron chi connectivity index (χ3n) is 3.16. The molecule has 3 N–H and O–H groups in total. The molecule has 0 saturated heterocycles. The first-order valence-corrected chi connectivity index (χ1v) is 6.40. The summed E-state index contributed by atoms with van der Waals surface area (Å²) in [4.78, 5) is 0. The highest BCUT2D eigenvalue weighted by molar-refractivity contribution is 5.31. The fourth-order valence-electron chi connectivity index (χ4n) is 1.98. The third kappa shape index (κ3) is 3.19. The second kappa shape index (κ2) is 4.92. The van der Waals surface area contributed by atoms with Crippen LogP contribution in [0.3, 0.4) is 0 Å². The number of nitrogens with one attached hydrogen (secondary N) is 1. The Morgan fingerprint density at radius 2 is 1.94 bits per heavy atom. The Morgan fingerprint density at radius 3 is 2.44 bits per heavy atom. The van der Waals surface area contributed by atoms with Crippen LogP contribution in [0.25, 0.3) is 0 Å². The van der Waals surface area contributed by atoms with Crippen molar-refractivity contribution < 1.29 is 4.74 Å². The molecule has 2 rings (SSSR count). The number of hydrogen-bond acceptors (Lipinski definition) is 3. The summed E-state index contributed by atoms with van der Waals surface area (Å²) < 4.78 is 5.75. The van der Waals surface area contributed by atoms with Crippen molar-refractivity contribution in [3.63, 3.8) is 0 Å². The van der Waals surface area contributed by atoms with Crippen molar-refractivity contribution in [1.29, 1.82) is 0 Å². The molecule has 0 radical (unpaired) electrons. The summed E-state index contributed by atoms with van der Waals surface area (Å²) in [6.07, 6.45) is 2.93. The Kier molecular flexibility index (Phi) is 3.50. The standard InChI is InChI=1S/C15H22N2O/c1-15(2,3)11-4-7-13(8-5-11)18-10-12-6-9-14(16)17-12/h4-5,7-9,12,17H,6,10,16H2,1-3H3/t12-/m0/s1. The normalized spacial score (nSPS) is 19.3. The molecule has 0 amide bonds. The molecule has 0 bridgehead atoms. The van der Waals surface area contributed by atoms with E-state index in [0.717, 1.165) is 18.0 Å². The predicted octanol–water partition coefficient (Wildman–Crippen LogP) is 2.52. The molecule has 0 fully saturated rings. The van der Waals surface area contributed by atoms with E-state index in [0.29, 0.717) is 12.6 Å². The topological polar surface area (TPSA) is 47.3 Å². The van der Waals surface area contributed by atoms with E-state index in [4.69, 9.17) is 10.5 Å². The van der Waals surface area contributed by atoms with E-state index in [-0.39, 0.29) is 5.41 Å². The monoisotopic (exact) mass is 246 g/mol. The first-order valence-electron chi connectivity index (χ1n) is 6.40. The van der Waals surface area contributed by atoms with Crippen molar-refractivity contribution in [2.24, 2.45) is 5.73 Å². The van der Waals surface area contributed by atoms with Crippen LogP contribution in [0, 0.1) is 0 Å². The van der Waals surface area contributed by atoms with Crippen molar-refractivity contribution in [1.82, 2.24) is 5.32 Å². The van der Waals surface area contributed by atoms with Gasteiger partial charge in [-0.3, -0.25) is 0 Å². The van der Waals surface area contributed by atoms with Gasteiger partial charge < -0.3 is 15.8 Å². The Hall–Kier alpha value is -1.64. The number of nitrogens with two attached hydrogens (primary N) is 1. The van der Waals surface area contributed by atoms with E-state index in [1.165, 1.54) is 5.56 Å². The molecule has 1 aliphatic heterocycles. The van der Waals surface area contributed by atoms with Gasteiger partial charge in [-0.25, -0.2) is 0 Å². The molecule has 1 aromatic rings. The minimum Gasteiger partial charge on any atom is -0.491 e. The molecule has 0 aliphatic carbocycles. The Morgan fingerprint density at radius 1 is 1.28 bits per heavy atom. The fraction of sp³-hybridized carbons (Fsp3) is 0.467. The summed E-state index contributed by atoms with van der Waals surface area (Å²) in [7, 11) is 0. The smallest absolute Gasteiger partial charge is 0.119 e. The lowest BCUT2D eigenvalue weighted by Gasteiger charge is -2.19. The first kappa shape index (κ1) is 12.8. The maximum atomic E-state index is 5.75. The van der Waals surface area contributed by atoms with Crippen LogP contribution in [0.2, 0.25) is 0 Å². The molecule has 0 spiro atoms. The van der Waals surface area contributed by atoms with Crippen molar-refractivity contribution in [2.75, 3.05) is 6.61 Å². The van der Waals surface area contributed by atoms with Crippen molar-refractivity contribution in [2.45, 2.75) is 38.6 Å². The SMILES string of the molecule is CC(C)(C)c1ccc(OC[C@@H]2CC=C(N)N2)cc1. The predicted molar refractivity (Wildman–Crippen MR) is 74.4 cm³/mol. The highest BCUT2D eigenvalue weighted by Crippen LogP contribution is 2.24. The van der Waals surface area contributed by atoms with Crippen LogP contribution in [-0.4, -0.2) is 12.6 Å². The van der Waals surface area contributed by atoms with Crippen LogP contribution in [0.1, 0.15) is 32.8 Å². The molecule has 0 aromatic heterocycles. The van der Waals surface area contributed by atoms with Gasteiger partial charge in [-0.05, 0) is 35.6 Å². The first-order chi connectivity index (χ1) is 8.45. The van der Waals surface area contributed by atoms with Crippen molar-refractivity contribution in [3.8, 4) is 5.75 Å². The molecule has 0 unspecified atom stereocenters. The minimum atomic E-state index is 0.184. The lowest BCUT2D eigenvalue weighted by Crippen LogP contribution is -2.31. The summed E-state index contributed by atoms with van der Waals surface area (Å²) in [5.41, 5.74) is 7.16. The van der Waals surface area contributed by atoms with Gasteiger partial charge in [-0.1, -0.05) is 32.9 Å². The molecular weight excluding hydrogens is 224 g/mol. The summed E-state index contributed by atoms with van der Waals surface area (Å²) in [5, 5.41) is 3.17. The zero-order valence-electron chi connectivity index (χ0n) is 11.4. The van der Waals surface area contributed by atoms with Gasteiger partial charge in [0.25, 0.3) is 0 Å². The van der Waals surface area contributed by atoms with E-state index in [1.807, 2.05) is 18.2 Å². The van der Waals surface area contributed by atoms with Crippen molar-refractivity contribution >= 4 is 0 Å². The van der Waals surface area contributed by atoms with E-state index < -0.39 is 0 Å². The average molecular weight is 246 g/mol. The molecule has 0 saturated carbocycles. The zero-order chi connectivity index (χ0) is 13.2. The van der Waals surface area contributed by atoms with E-state index in [9.17, 15) is 0 Å². The second-order valence-electron chi connectivity index (χ2n) is 5.82. The van der Waals surface area contributed by atoms with Crippen LogP contribution in [0.5, 0.6) is 5.75 Å². The van der Waals surface area contributed by atoms with E-state index in [1.54, 1.807) is 0 Å². The highest BCUT2D eigenvalue weighted by atomic mass is 16.5. The fourth-order valence-corrected chi connectivity index (χ4v) is 1.98. The lowest BCUT2D eigenvalue weighted by atomic mass is 9.87. The molecule has 18 heavy (non-hydrogen) atoms. The van der Waals surface area contributed by atoms with Crippen LogP contribution in [-0.2, 0) is 5.41 Å². The number of hydrogen-bond donors (Lipinski definition) is 2. The van der Waals surface area contributed by atoms with Gasteiger partial charge in [0.05, 0.1) is 11.9 Å². The quantitative estimate of drug-likeness (QED) is 0.861. The summed E-state index contributed by atoms with van der Waals surface area (Å²) in [5.74, 6) is 1.67. The van der Waals surface area contributed by atoms with Crippen LogP contribution in [0.4, 0.5) is 0 Å². The molecule has 1 aromatic carbocycles. The molecule has 3 heteroatoms. The minimum absolute atomic E-state index is 0.184. The molecule has 1 aliphatic rings. The molecule has 98 valence electrons. The largest absolute Gasteiger partial charge is 0.491 e.